The monoisotopic (exact) mass is 278 g/mol. The quantitative estimate of drug-likeness (QED) is 0.781. The van der Waals surface area contributed by atoms with Crippen molar-refractivity contribution in [1.82, 2.24) is 4.98 Å². The molecule has 0 aliphatic rings. The Bertz CT molecular complexity index is 489. The first kappa shape index (κ1) is 15.2. The summed E-state index contributed by atoms with van der Waals surface area (Å²) in [4.78, 5) is 14.9. The third-order valence-corrected chi connectivity index (χ3v) is 2.40. The number of carbonyl (C=O) groups is 1. The molecular formula is C11H13F3N2O3. The molecule has 19 heavy (non-hydrogen) atoms. The summed E-state index contributed by atoms with van der Waals surface area (Å²) >= 11 is 0. The number of alkyl halides is 3. The molecule has 0 saturated carbocycles. The van der Waals surface area contributed by atoms with Crippen LogP contribution in [0.3, 0.4) is 0 Å². The molecule has 1 heterocycles. The van der Waals surface area contributed by atoms with Crippen LogP contribution in [0.5, 0.6) is 0 Å². The van der Waals surface area contributed by atoms with Gasteiger partial charge in [0.15, 0.2) is 6.10 Å². The molecule has 0 aliphatic carbocycles. The molecule has 1 atom stereocenters. The van der Waals surface area contributed by atoms with Crippen LogP contribution in [0.4, 0.5) is 19.0 Å². The first-order chi connectivity index (χ1) is 8.62. The van der Waals surface area contributed by atoms with Crippen LogP contribution in [0.2, 0.25) is 0 Å². The molecule has 0 fully saturated rings. The van der Waals surface area contributed by atoms with Gasteiger partial charge < -0.3 is 15.5 Å². The van der Waals surface area contributed by atoms with Crippen molar-refractivity contribution in [3.8, 4) is 0 Å². The lowest BCUT2D eigenvalue weighted by molar-refractivity contribution is -0.198. The van der Waals surface area contributed by atoms with E-state index < -0.39 is 24.8 Å². The number of aromatic carboxylic acids is 1. The maximum atomic E-state index is 12.1. The fourth-order valence-corrected chi connectivity index (χ4v) is 1.54. The van der Waals surface area contributed by atoms with Gasteiger partial charge in [-0.2, -0.15) is 13.2 Å². The molecule has 3 N–H and O–H groups in total. The molecule has 5 nitrogen and oxygen atoms in total. The van der Waals surface area contributed by atoms with Crippen molar-refractivity contribution in [3.05, 3.63) is 22.9 Å². The van der Waals surface area contributed by atoms with E-state index in [-0.39, 0.29) is 11.4 Å². The minimum atomic E-state index is -4.77. The Kier molecular flexibility index (Phi) is 4.35. The topological polar surface area (TPSA) is 82.5 Å². The number of rotatable bonds is 4. The van der Waals surface area contributed by atoms with E-state index in [4.69, 9.17) is 10.2 Å². The summed E-state index contributed by atoms with van der Waals surface area (Å²) in [6.45, 7) is 2.24. The van der Waals surface area contributed by atoms with Gasteiger partial charge in [-0.15, -0.1) is 0 Å². The molecule has 8 heteroatoms. The molecule has 1 aromatic rings. The summed E-state index contributed by atoms with van der Waals surface area (Å²) < 4.78 is 36.4. The predicted molar refractivity (Wildman–Crippen MR) is 61.2 cm³/mol. The number of aliphatic hydroxyl groups excluding tert-OH is 1. The second-order valence-electron chi connectivity index (χ2n) is 4.05. The molecule has 1 aromatic heterocycles. The summed E-state index contributed by atoms with van der Waals surface area (Å²) in [5, 5.41) is 20.1. The standard InChI is InChI=1S/C11H13F3N2O3/c1-5-3-6(2)16-9(8(5)10(18)19)15-4-7(17)11(12,13)14/h3,7,17H,4H2,1-2H3,(H,15,16)(H,18,19). The first-order valence-corrected chi connectivity index (χ1v) is 5.33. The van der Waals surface area contributed by atoms with Gasteiger partial charge in [0.25, 0.3) is 0 Å². The second-order valence-corrected chi connectivity index (χ2v) is 4.05. The van der Waals surface area contributed by atoms with Crippen molar-refractivity contribution in [2.75, 3.05) is 11.9 Å². The van der Waals surface area contributed by atoms with Gasteiger partial charge in [0.2, 0.25) is 0 Å². The summed E-state index contributed by atoms with van der Waals surface area (Å²) in [6, 6.07) is 1.51. The average molecular weight is 278 g/mol. The van der Waals surface area contributed by atoms with E-state index in [0.29, 0.717) is 11.3 Å². The van der Waals surface area contributed by atoms with Crippen LogP contribution in [0.15, 0.2) is 6.07 Å². The number of carboxylic acid groups (broad SMARTS) is 1. The van der Waals surface area contributed by atoms with Crippen molar-refractivity contribution in [2.24, 2.45) is 0 Å². The predicted octanol–water partition coefficient (Wildman–Crippen LogP) is 1.73. The molecule has 0 bridgehead atoms. The number of halogens is 3. The fraction of sp³-hybridized carbons (Fsp3) is 0.455. The Balaban J connectivity index is 2.98. The summed E-state index contributed by atoms with van der Waals surface area (Å²) in [6.07, 6.45) is -7.35. The highest BCUT2D eigenvalue weighted by Gasteiger charge is 2.38. The molecule has 0 aliphatic heterocycles. The normalized spacial score (nSPS) is 13.2. The second kappa shape index (κ2) is 5.43. The third-order valence-electron chi connectivity index (χ3n) is 2.40. The van der Waals surface area contributed by atoms with Gasteiger partial charge >= 0.3 is 12.1 Å². The number of anilines is 1. The van der Waals surface area contributed by atoms with E-state index in [1.807, 2.05) is 0 Å². The number of aromatic nitrogens is 1. The van der Waals surface area contributed by atoms with E-state index in [2.05, 4.69) is 10.3 Å². The average Bonchev–Trinajstić information content (AvgIpc) is 2.22. The fourth-order valence-electron chi connectivity index (χ4n) is 1.54. The van der Waals surface area contributed by atoms with Gasteiger partial charge in [0, 0.05) is 5.69 Å². The molecule has 0 radical (unpaired) electrons. The number of hydrogen-bond donors (Lipinski definition) is 3. The molecule has 0 saturated heterocycles. The van der Waals surface area contributed by atoms with Crippen LogP contribution in [0.25, 0.3) is 0 Å². The Labute approximate surface area is 107 Å². The zero-order valence-corrected chi connectivity index (χ0v) is 10.2. The molecule has 0 aromatic carbocycles. The highest BCUT2D eigenvalue weighted by atomic mass is 19.4. The lowest BCUT2D eigenvalue weighted by Crippen LogP contribution is -2.35. The number of nitrogens with zero attached hydrogens (tertiary/aromatic N) is 1. The molecule has 1 unspecified atom stereocenters. The molecule has 1 rings (SSSR count). The third kappa shape index (κ3) is 3.82. The van der Waals surface area contributed by atoms with Gasteiger partial charge in [-0.05, 0) is 25.5 Å². The zero-order chi connectivity index (χ0) is 14.8. The van der Waals surface area contributed by atoms with E-state index in [9.17, 15) is 18.0 Å². The van der Waals surface area contributed by atoms with Crippen molar-refractivity contribution in [1.29, 1.82) is 0 Å². The number of nitrogens with one attached hydrogen (secondary N) is 1. The van der Waals surface area contributed by atoms with Gasteiger partial charge in [0.05, 0.1) is 6.54 Å². The number of aryl methyl sites for hydroxylation is 2. The maximum Gasteiger partial charge on any atom is 0.416 e. The van der Waals surface area contributed by atoms with Crippen molar-refractivity contribution in [2.45, 2.75) is 26.1 Å². The van der Waals surface area contributed by atoms with E-state index in [1.165, 1.54) is 13.0 Å². The van der Waals surface area contributed by atoms with E-state index >= 15 is 0 Å². The Morgan fingerprint density at radius 1 is 1.47 bits per heavy atom. The van der Waals surface area contributed by atoms with Crippen LogP contribution in [-0.4, -0.2) is 40.0 Å². The minimum Gasteiger partial charge on any atom is -0.478 e. The first-order valence-electron chi connectivity index (χ1n) is 5.33. The van der Waals surface area contributed by atoms with Crippen molar-refractivity contribution in [3.63, 3.8) is 0 Å². The van der Waals surface area contributed by atoms with Crippen molar-refractivity contribution >= 4 is 11.8 Å². The molecule has 106 valence electrons. The van der Waals surface area contributed by atoms with Gasteiger partial charge in [0.1, 0.15) is 11.4 Å². The SMILES string of the molecule is Cc1cc(C)c(C(=O)O)c(NCC(O)C(F)(F)F)n1. The van der Waals surface area contributed by atoms with E-state index in [0.717, 1.165) is 0 Å². The summed E-state index contributed by atoms with van der Waals surface area (Å²) in [5.41, 5.74) is 0.635. The van der Waals surface area contributed by atoms with Gasteiger partial charge in [-0.1, -0.05) is 0 Å². The lowest BCUT2D eigenvalue weighted by atomic mass is 10.1. The Morgan fingerprint density at radius 2 is 2.05 bits per heavy atom. The Morgan fingerprint density at radius 3 is 2.53 bits per heavy atom. The van der Waals surface area contributed by atoms with Crippen molar-refractivity contribution < 1.29 is 28.2 Å². The zero-order valence-electron chi connectivity index (χ0n) is 10.2. The van der Waals surface area contributed by atoms with E-state index in [1.54, 1.807) is 6.92 Å². The number of pyridine rings is 1. The van der Waals surface area contributed by atoms with Crippen LogP contribution in [-0.2, 0) is 0 Å². The molecule has 0 amide bonds. The summed E-state index contributed by atoms with van der Waals surface area (Å²) in [5.74, 6) is -1.48. The molecule has 0 spiro atoms. The van der Waals surface area contributed by atoms with Gasteiger partial charge in [-0.25, -0.2) is 9.78 Å². The number of carboxylic acids is 1. The lowest BCUT2D eigenvalue weighted by Gasteiger charge is -2.17. The highest BCUT2D eigenvalue weighted by molar-refractivity contribution is 5.94. The Hall–Kier alpha value is -1.83. The van der Waals surface area contributed by atoms with Crippen LogP contribution in [0, 0.1) is 13.8 Å². The van der Waals surface area contributed by atoms with Gasteiger partial charge in [-0.3, -0.25) is 0 Å². The highest BCUT2D eigenvalue weighted by Crippen LogP contribution is 2.22. The van der Waals surface area contributed by atoms with Crippen LogP contribution >= 0.6 is 0 Å². The maximum absolute atomic E-state index is 12.1. The molecular weight excluding hydrogens is 265 g/mol. The number of hydrogen-bond acceptors (Lipinski definition) is 4. The van der Waals surface area contributed by atoms with Crippen LogP contribution < -0.4 is 5.32 Å². The minimum absolute atomic E-state index is 0.187. The smallest absolute Gasteiger partial charge is 0.416 e. The largest absolute Gasteiger partial charge is 0.478 e. The number of aliphatic hydroxyl groups is 1. The summed E-state index contributed by atoms with van der Waals surface area (Å²) in [7, 11) is 0. The van der Waals surface area contributed by atoms with Crippen LogP contribution in [0.1, 0.15) is 21.6 Å².